The third-order valence-corrected chi connectivity index (χ3v) is 4.12. The summed E-state index contributed by atoms with van der Waals surface area (Å²) in [7, 11) is 0. The average Bonchev–Trinajstić information content (AvgIpc) is 3.13. The van der Waals surface area contributed by atoms with Crippen molar-refractivity contribution in [2.75, 3.05) is 4.90 Å². The van der Waals surface area contributed by atoms with E-state index in [1.807, 2.05) is 23.6 Å². The molecule has 2 aromatic heterocycles. The lowest BCUT2D eigenvalue weighted by Gasteiger charge is -2.25. The van der Waals surface area contributed by atoms with Crippen LogP contribution in [0.25, 0.3) is 0 Å². The Hall–Kier alpha value is -1.39. The van der Waals surface area contributed by atoms with Crippen molar-refractivity contribution in [2.45, 2.75) is 32.0 Å². The van der Waals surface area contributed by atoms with Gasteiger partial charge in [-0.05, 0) is 36.4 Å². The highest BCUT2D eigenvalue weighted by atomic mass is 32.1. The molecule has 94 valence electrons. The van der Waals surface area contributed by atoms with Gasteiger partial charge in [0.1, 0.15) is 0 Å². The summed E-state index contributed by atoms with van der Waals surface area (Å²) < 4.78 is 0. The average molecular weight is 259 g/mol. The molecule has 1 aliphatic carbocycles. The molecular formula is C14H17N3S. The Morgan fingerprint density at radius 2 is 2.22 bits per heavy atom. The van der Waals surface area contributed by atoms with E-state index in [9.17, 15) is 0 Å². The van der Waals surface area contributed by atoms with Gasteiger partial charge in [-0.15, -0.1) is 11.3 Å². The topological polar surface area (TPSA) is 42.1 Å². The van der Waals surface area contributed by atoms with Crippen LogP contribution in [0.4, 0.5) is 5.69 Å². The van der Waals surface area contributed by atoms with E-state index in [1.165, 1.54) is 23.4 Å². The summed E-state index contributed by atoms with van der Waals surface area (Å²) in [5.74, 6) is 0. The molecule has 0 atom stereocenters. The van der Waals surface area contributed by atoms with E-state index < -0.39 is 0 Å². The Balaban J connectivity index is 1.89. The monoisotopic (exact) mass is 259 g/mol. The highest BCUT2D eigenvalue weighted by Gasteiger charge is 2.30. The second-order valence-corrected chi connectivity index (χ2v) is 5.64. The molecule has 4 heteroatoms. The predicted molar refractivity (Wildman–Crippen MR) is 75.7 cm³/mol. The minimum Gasteiger partial charge on any atom is -0.362 e. The number of anilines is 1. The van der Waals surface area contributed by atoms with Gasteiger partial charge in [-0.25, -0.2) is 0 Å². The number of aromatic nitrogens is 1. The number of pyridine rings is 1. The van der Waals surface area contributed by atoms with E-state index in [0.717, 1.165) is 12.2 Å². The standard InChI is InChI=1S/C14H17N3S/c15-9-13-14(4-1-7-16-13)17(11-5-6-11)10-12-3-2-8-18-12/h1-4,7-8,11H,5-6,9-10,15H2. The Morgan fingerprint density at radius 3 is 2.89 bits per heavy atom. The molecule has 2 N–H and O–H groups in total. The molecule has 0 aliphatic heterocycles. The number of hydrogen-bond donors (Lipinski definition) is 1. The molecule has 2 heterocycles. The van der Waals surface area contributed by atoms with E-state index in [2.05, 4.69) is 33.5 Å². The molecule has 1 fully saturated rings. The van der Waals surface area contributed by atoms with Crippen molar-refractivity contribution in [3.05, 3.63) is 46.4 Å². The minimum absolute atomic E-state index is 0.504. The maximum Gasteiger partial charge on any atom is 0.0772 e. The fourth-order valence-corrected chi connectivity index (χ4v) is 2.92. The summed E-state index contributed by atoms with van der Waals surface area (Å²) in [5.41, 5.74) is 8.00. The largest absolute Gasteiger partial charge is 0.362 e. The van der Waals surface area contributed by atoms with Crippen LogP contribution in [0, 0.1) is 0 Å². The number of nitrogens with zero attached hydrogens (tertiary/aromatic N) is 2. The zero-order valence-corrected chi connectivity index (χ0v) is 11.1. The lowest BCUT2D eigenvalue weighted by molar-refractivity contribution is 0.786. The van der Waals surface area contributed by atoms with Gasteiger partial charge in [0.25, 0.3) is 0 Å². The highest BCUT2D eigenvalue weighted by Crippen LogP contribution is 2.34. The third-order valence-electron chi connectivity index (χ3n) is 3.26. The van der Waals surface area contributed by atoms with Crippen molar-refractivity contribution < 1.29 is 0 Å². The summed E-state index contributed by atoms with van der Waals surface area (Å²) >= 11 is 1.81. The first-order valence-electron chi connectivity index (χ1n) is 6.31. The molecule has 0 saturated heterocycles. The molecule has 0 bridgehead atoms. The maximum absolute atomic E-state index is 5.80. The van der Waals surface area contributed by atoms with Crippen LogP contribution in [0.3, 0.4) is 0 Å². The first kappa shape index (κ1) is 11.7. The summed E-state index contributed by atoms with van der Waals surface area (Å²) in [6.07, 6.45) is 4.39. The van der Waals surface area contributed by atoms with E-state index >= 15 is 0 Å². The van der Waals surface area contributed by atoms with Gasteiger partial charge >= 0.3 is 0 Å². The van der Waals surface area contributed by atoms with Crippen molar-refractivity contribution in [2.24, 2.45) is 5.73 Å². The smallest absolute Gasteiger partial charge is 0.0772 e. The molecule has 2 aromatic rings. The van der Waals surface area contributed by atoms with Crippen LogP contribution >= 0.6 is 11.3 Å². The normalized spacial score (nSPS) is 14.7. The summed E-state index contributed by atoms with van der Waals surface area (Å²) in [6, 6.07) is 9.11. The van der Waals surface area contributed by atoms with Crippen LogP contribution in [0.2, 0.25) is 0 Å². The minimum atomic E-state index is 0.504. The zero-order chi connectivity index (χ0) is 12.4. The van der Waals surface area contributed by atoms with Crippen molar-refractivity contribution in [3.63, 3.8) is 0 Å². The Morgan fingerprint density at radius 1 is 1.33 bits per heavy atom. The summed E-state index contributed by atoms with van der Waals surface area (Å²) in [5, 5.41) is 2.13. The van der Waals surface area contributed by atoms with E-state index in [0.29, 0.717) is 12.6 Å². The summed E-state index contributed by atoms with van der Waals surface area (Å²) in [4.78, 5) is 8.25. The number of nitrogens with two attached hydrogens (primary N) is 1. The molecular weight excluding hydrogens is 242 g/mol. The number of thiophene rings is 1. The van der Waals surface area contributed by atoms with Gasteiger partial charge in [0, 0.05) is 23.7 Å². The molecule has 3 rings (SSSR count). The van der Waals surface area contributed by atoms with E-state index in [4.69, 9.17) is 5.73 Å². The van der Waals surface area contributed by atoms with Gasteiger partial charge < -0.3 is 10.6 Å². The van der Waals surface area contributed by atoms with Crippen LogP contribution in [0.1, 0.15) is 23.4 Å². The molecule has 3 nitrogen and oxygen atoms in total. The van der Waals surface area contributed by atoms with Crippen molar-refractivity contribution in [3.8, 4) is 0 Å². The number of rotatable bonds is 5. The van der Waals surface area contributed by atoms with E-state index in [1.54, 1.807) is 0 Å². The van der Waals surface area contributed by atoms with Crippen molar-refractivity contribution in [1.82, 2.24) is 4.98 Å². The Labute approximate surface area is 111 Å². The zero-order valence-electron chi connectivity index (χ0n) is 10.2. The lowest BCUT2D eigenvalue weighted by Crippen LogP contribution is -2.26. The van der Waals surface area contributed by atoms with Crippen molar-refractivity contribution in [1.29, 1.82) is 0 Å². The van der Waals surface area contributed by atoms with Crippen LogP contribution in [-0.4, -0.2) is 11.0 Å². The molecule has 1 aliphatic rings. The van der Waals surface area contributed by atoms with Gasteiger partial charge in [-0.2, -0.15) is 0 Å². The van der Waals surface area contributed by atoms with Gasteiger partial charge in [-0.3, -0.25) is 4.98 Å². The quantitative estimate of drug-likeness (QED) is 0.897. The SMILES string of the molecule is NCc1ncccc1N(Cc1cccs1)C1CC1. The summed E-state index contributed by atoms with van der Waals surface area (Å²) in [6.45, 7) is 1.48. The Bertz CT molecular complexity index is 506. The van der Waals surface area contributed by atoms with Gasteiger partial charge in [0.15, 0.2) is 0 Å². The molecule has 0 spiro atoms. The molecule has 0 radical (unpaired) electrons. The van der Waals surface area contributed by atoms with Crippen LogP contribution < -0.4 is 10.6 Å². The third kappa shape index (κ3) is 2.40. The molecule has 0 amide bonds. The lowest BCUT2D eigenvalue weighted by atomic mass is 10.2. The van der Waals surface area contributed by atoms with Gasteiger partial charge in [-0.1, -0.05) is 6.07 Å². The van der Waals surface area contributed by atoms with Crippen LogP contribution in [-0.2, 0) is 13.1 Å². The fraction of sp³-hybridized carbons (Fsp3) is 0.357. The van der Waals surface area contributed by atoms with Crippen molar-refractivity contribution >= 4 is 17.0 Å². The first-order chi connectivity index (χ1) is 8.88. The number of hydrogen-bond acceptors (Lipinski definition) is 4. The maximum atomic E-state index is 5.80. The molecule has 1 saturated carbocycles. The predicted octanol–water partition coefficient (Wildman–Crippen LogP) is 2.77. The molecule has 18 heavy (non-hydrogen) atoms. The Kier molecular flexibility index (Phi) is 3.30. The first-order valence-corrected chi connectivity index (χ1v) is 7.19. The van der Waals surface area contributed by atoms with Gasteiger partial charge in [0.05, 0.1) is 17.9 Å². The highest BCUT2D eigenvalue weighted by molar-refractivity contribution is 7.09. The second-order valence-electron chi connectivity index (χ2n) is 4.61. The second kappa shape index (κ2) is 5.08. The fourth-order valence-electron chi connectivity index (χ4n) is 2.22. The molecule has 0 aromatic carbocycles. The van der Waals surface area contributed by atoms with E-state index in [-0.39, 0.29) is 0 Å². The molecule has 0 unspecified atom stereocenters. The van der Waals surface area contributed by atoms with Crippen LogP contribution in [0.5, 0.6) is 0 Å². The van der Waals surface area contributed by atoms with Gasteiger partial charge in [0.2, 0.25) is 0 Å². The van der Waals surface area contributed by atoms with Crippen LogP contribution in [0.15, 0.2) is 35.8 Å².